The van der Waals surface area contributed by atoms with Gasteiger partial charge in [0.2, 0.25) is 0 Å². The maximum absolute atomic E-state index is 12.3. The van der Waals surface area contributed by atoms with E-state index < -0.39 is 0 Å². The van der Waals surface area contributed by atoms with Gasteiger partial charge in [0, 0.05) is 6.42 Å². The molecule has 0 radical (unpaired) electrons. The summed E-state index contributed by atoms with van der Waals surface area (Å²) in [4.78, 5) is 12.3. The van der Waals surface area contributed by atoms with Crippen LogP contribution in [0.2, 0.25) is 0 Å². The second kappa shape index (κ2) is 4.61. The van der Waals surface area contributed by atoms with Crippen molar-refractivity contribution in [3.8, 4) is 0 Å². The lowest BCUT2D eigenvalue weighted by atomic mass is 9.89. The molecule has 0 aromatic heterocycles. The molecule has 0 aliphatic carbocycles. The maximum Gasteiger partial charge on any atom is 0.156 e. The van der Waals surface area contributed by atoms with Crippen LogP contribution in [0.4, 0.5) is 0 Å². The van der Waals surface area contributed by atoms with E-state index in [1.807, 2.05) is 6.92 Å². The number of nitrogens with one attached hydrogen (secondary N) is 1. The Morgan fingerprint density at radius 1 is 1.35 bits per heavy atom. The number of hydrogen-bond donors (Lipinski definition) is 1. The minimum atomic E-state index is -0.293. The van der Waals surface area contributed by atoms with Crippen LogP contribution in [0.1, 0.15) is 36.5 Å². The van der Waals surface area contributed by atoms with Crippen molar-refractivity contribution in [3.05, 3.63) is 34.9 Å². The molecule has 1 N–H and O–H groups in total. The van der Waals surface area contributed by atoms with Gasteiger partial charge in [-0.15, -0.1) is 0 Å². The number of carbonyl (C=O) groups excluding carboxylic acids is 1. The monoisotopic (exact) mass is 231 g/mol. The molecule has 1 aromatic rings. The van der Waals surface area contributed by atoms with E-state index in [1.54, 1.807) is 0 Å². The van der Waals surface area contributed by atoms with Crippen LogP contribution in [0.3, 0.4) is 0 Å². The van der Waals surface area contributed by atoms with E-state index in [1.165, 1.54) is 11.1 Å². The highest BCUT2D eigenvalue weighted by atomic mass is 16.1. The zero-order valence-electron chi connectivity index (χ0n) is 11.0. The molecular formula is C15H21NO. The number of ketones is 1. The Morgan fingerprint density at radius 2 is 2.12 bits per heavy atom. The first-order valence-electron chi connectivity index (χ1n) is 6.36. The lowest BCUT2D eigenvalue weighted by molar-refractivity contribution is -0.123. The highest BCUT2D eigenvalue weighted by Crippen LogP contribution is 2.22. The number of rotatable bonds is 3. The van der Waals surface area contributed by atoms with Crippen LogP contribution in [-0.4, -0.2) is 17.9 Å². The summed E-state index contributed by atoms with van der Waals surface area (Å²) in [5.74, 6) is 0.318. The molecule has 0 amide bonds. The third kappa shape index (κ3) is 2.58. The molecule has 1 saturated heterocycles. The predicted octanol–water partition coefficient (Wildman–Crippen LogP) is 2.56. The standard InChI is InChI=1S/C15H21NO/c1-11-5-6-13(9-12(11)2)10-14(17)15(3)7-4-8-16-15/h5-6,9,16H,4,7-8,10H2,1-3H3. The van der Waals surface area contributed by atoms with Gasteiger partial charge in [0.15, 0.2) is 5.78 Å². The minimum Gasteiger partial charge on any atom is -0.305 e. The Labute approximate surface area is 103 Å². The van der Waals surface area contributed by atoms with E-state index in [2.05, 4.69) is 37.4 Å². The van der Waals surface area contributed by atoms with Crippen LogP contribution in [0.15, 0.2) is 18.2 Å². The second-order valence-electron chi connectivity index (χ2n) is 5.38. The van der Waals surface area contributed by atoms with Gasteiger partial charge in [-0.1, -0.05) is 18.2 Å². The first-order valence-corrected chi connectivity index (χ1v) is 6.36. The van der Waals surface area contributed by atoms with Crippen molar-refractivity contribution in [2.75, 3.05) is 6.54 Å². The fourth-order valence-electron chi connectivity index (χ4n) is 2.43. The van der Waals surface area contributed by atoms with Crippen LogP contribution in [-0.2, 0) is 11.2 Å². The smallest absolute Gasteiger partial charge is 0.156 e. The molecule has 0 saturated carbocycles. The molecule has 2 nitrogen and oxygen atoms in total. The molecule has 1 aliphatic rings. The Balaban J connectivity index is 2.10. The number of carbonyl (C=O) groups is 1. The summed E-state index contributed by atoms with van der Waals surface area (Å²) in [6.07, 6.45) is 2.62. The molecule has 0 spiro atoms. The Bertz CT molecular complexity index is 431. The summed E-state index contributed by atoms with van der Waals surface area (Å²) in [6, 6.07) is 6.30. The molecule has 0 bridgehead atoms. The largest absolute Gasteiger partial charge is 0.305 e. The number of benzene rings is 1. The molecule has 17 heavy (non-hydrogen) atoms. The zero-order chi connectivity index (χ0) is 12.5. The molecule has 1 unspecified atom stereocenters. The average Bonchev–Trinajstić information content (AvgIpc) is 2.72. The van der Waals surface area contributed by atoms with E-state index in [0.29, 0.717) is 12.2 Å². The van der Waals surface area contributed by atoms with Gasteiger partial charge >= 0.3 is 0 Å². The molecule has 2 rings (SSSR count). The predicted molar refractivity (Wildman–Crippen MR) is 70.3 cm³/mol. The number of hydrogen-bond acceptors (Lipinski definition) is 2. The normalized spacial score (nSPS) is 23.9. The Kier molecular flexibility index (Phi) is 3.34. The van der Waals surface area contributed by atoms with E-state index >= 15 is 0 Å². The molecule has 1 aromatic carbocycles. The van der Waals surface area contributed by atoms with Gasteiger partial charge in [-0.25, -0.2) is 0 Å². The van der Waals surface area contributed by atoms with Crippen molar-refractivity contribution in [1.29, 1.82) is 0 Å². The summed E-state index contributed by atoms with van der Waals surface area (Å²) in [5.41, 5.74) is 3.39. The summed E-state index contributed by atoms with van der Waals surface area (Å²) in [5, 5.41) is 3.33. The lowest BCUT2D eigenvalue weighted by Crippen LogP contribution is -2.45. The number of Topliss-reactive ketones (excluding diaryl/α,β-unsaturated/α-hetero) is 1. The summed E-state index contributed by atoms with van der Waals surface area (Å²) >= 11 is 0. The first kappa shape index (κ1) is 12.3. The summed E-state index contributed by atoms with van der Waals surface area (Å²) in [7, 11) is 0. The molecule has 1 heterocycles. The van der Waals surface area contributed by atoms with Crippen LogP contribution in [0.25, 0.3) is 0 Å². The molecule has 92 valence electrons. The highest BCUT2D eigenvalue weighted by Gasteiger charge is 2.35. The van der Waals surface area contributed by atoms with E-state index in [-0.39, 0.29) is 5.54 Å². The van der Waals surface area contributed by atoms with E-state index in [4.69, 9.17) is 0 Å². The van der Waals surface area contributed by atoms with E-state index in [9.17, 15) is 4.79 Å². The molecule has 2 heteroatoms. The first-order chi connectivity index (χ1) is 8.01. The van der Waals surface area contributed by atoms with Crippen molar-refractivity contribution in [3.63, 3.8) is 0 Å². The van der Waals surface area contributed by atoms with Crippen molar-refractivity contribution < 1.29 is 4.79 Å². The minimum absolute atomic E-state index is 0.293. The van der Waals surface area contributed by atoms with Gasteiger partial charge in [0.25, 0.3) is 0 Å². The van der Waals surface area contributed by atoms with Gasteiger partial charge in [-0.3, -0.25) is 4.79 Å². The van der Waals surface area contributed by atoms with Gasteiger partial charge < -0.3 is 5.32 Å². The SMILES string of the molecule is Cc1ccc(CC(=O)C2(C)CCCN2)cc1C. The van der Waals surface area contributed by atoms with Gasteiger partial charge in [0.1, 0.15) is 0 Å². The zero-order valence-corrected chi connectivity index (χ0v) is 11.0. The Hall–Kier alpha value is -1.15. The van der Waals surface area contributed by atoms with Crippen LogP contribution >= 0.6 is 0 Å². The van der Waals surface area contributed by atoms with Crippen molar-refractivity contribution >= 4 is 5.78 Å². The summed E-state index contributed by atoms with van der Waals surface area (Å²) in [6.45, 7) is 7.19. The van der Waals surface area contributed by atoms with Gasteiger partial charge in [-0.2, -0.15) is 0 Å². The molecule has 1 atom stereocenters. The second-order valence-corrected chi connectivity index (χ2v) is 5.38. The fourth-order valence-corrected chi connectivity index (χ4v) is 2.43. The van der Waals surface area contributed by atoms with Crippen molar-refractivity contribution in [2.24, 2.45) is 0 Å². The van der Waals surface area contributed by atoms with Gasteiger partial charge in [0.05, 0.1) is 5.54 Å². The topological polar surface area (TPSA) is 29.1 Å². The quantitative estimate of drug-likeness (QED) is 0.866. The third-order valence-electron chi connectivity index (χ3n) is 3.92. The van der Waals surface area contributed by atoms with Crippen LogP contribution in [0.5, 0.6) is 0 Å². The van der Waals surface area contributed by atoms with Crippen LogP contribution in [0, 0.1) is 13.8 Å². The van der Waals surface area contributed by atoms with E-state index in [0.717, 1.165) is 24.9 Å². The maximum atomic E-state index is 12.3. The molecule has 1 aliphatic heterocycles. The average molecular weight is 231 g/mol. The van der Waals surface area contributed by atoms with Crippen LogP contribution < -0.4 is 5.32 Å². The molecule has 1 fully saturated rings. The van der Waals surface area contributed by atoms with Gasteiger partial charge in [-0.05, 0) is 56.8 Å². The lowest BCUT2D eigenvalue weighted by Gasteiger charge is -2.22. The highest BCUT2D eigenvalue weighted by molar-refractivity contribution is 5.90. The van der Waals surface area contributed by atoms with Crippen molar-refractivity contribution in [1.82, 2.24) is 5.32 Å². The fraction of sp³-hybridized carbons (Fsp3) is 0.533. The third-order valence-corrected chi connectivity index (χ3v) is 3.92. The molecular weight excluding hydrogens is 210 g/mol. The van der Waals surface area contributed by atoms with Crippen molar-refractivity contribution in [2.45, 2.75) is 45.6 Å². The summed E-state index contributed by atoms with van der Waals surface area (Å²) < 4.78 is 0. The Morgan fingerprint density at radius 3 is 2.71 bits per heavy atom. The number of aryl methyl sites for hydroxylation is 2.